The van der Waals surface area contributed by atoms with Crippen molar-refractivity contribution < 1.29 is 24.5 Å². The lowest BCUT2D eigenvalue weighted by atomic mass is 10.0. The second-order valence-corrected chi connectivity index (χ2v) is 18.2. The molecule has 0 radical (unpaired) electrons. The number of carbonyl (C=O) groups excluding carboxylic acids is 2. The molecule has 2 atom stereocenters. The van der Waals surface area contributed by atoms with Crippen molar-refractivity contribution in [2.24, 2.45) is 0 Å². The number of rotatable bonds is 49. The summed E-state index contributed by atoms with van der Waals surface area (Å²) in [6, 6.07) is -0.640. The van der Waals surface area contributed by atoms with Crippen molar-refractivity contribution in [2.75, 3.05) is 13.2 Å². The molecule has 0 fully saturated rings. The van der Waals surface area contributed by atoms with Crippen molar-refractivity contribution >= 4 is 11.9 Å². The number of hydrogen-bond donors (Lipinski definition) is 3. The van der Waals surface area contributed by atoms with Crippen molar-refractivity contribution in [1.29, 1.82) is 0 Å². The summed E-state index contributed by atoms with van der Waals surface area (Å²) in [7, 11) is 0. The first-order valence-corrected chi connectivity index (χ1v) is 26.8. The van der Waals surface area contributed by atoms with Crippen molar-refractivity contribution in [3.05, 3.63) is 36.5 Å². The van der Waals surface area contributed by atoms with Gasteiger partial charge in [0.2, 0.25) is 5.91 Å². The number of amides is 1. The van der Waals surface area contributed by atoms with Crippen LogP contribution in [-0.2, 0) is 14.3 Å². The first-order chi connectivity index (χ1) is 30.0. The second-order valence-electron chi connectivity index (χ2n) is 18.2. The number of carbonyl (C=O) groups is 2. The third-order valence-electron chi connectivity index (χ3n) is 12.1. The van der Waals surface area contributed by atoms with Crippen LogP contribution in [0.5, 0.6) is 0 Å². The highest BCUT2D eigenvalue weighted by Gasteiger charge is 2.18. The van der Waals surface area contributed by atoms with E-state index in [1.54, 1.807) is 6.08 Å². The molecule has 0 bridgehead atoms. The van der Waals surface area contributed by atoms with Crippen LogP contribution in [0.25, 0.3) is 0 Å². The minimum absolute atomic E-state index is 0.0217. The monoisotopic (exact) mass is 858 g/mol. The van der Waals surface area contributed by atoms with E-state index in [2.05, 4.69) is 43.5 Å². The molecule has 0 aromatic rings. The Kier molecular flexibility index (Phi) is 49.1. The van der Waals surface area contributed by atoms with Crippen LogP contribution >= 0.6 is 0 Å². The third kappa shape index (κ3) is 47.4. The van der Waals surface area contributed by atoms with Crippen LogP contribution < -0.4 is 5.32 Å². The van der Waals surface area contributed by atoms with Gasteiger partial charge in [-0.2, -0.15) is 0 Å². The fourth-order valence-electron chi connectivity index (χ4n) is 7.97. The molecule has 0 saturated carbocycles. The summed E-state index contributed by atoms with van der Waals surface area (Å²) in [6.45, 7) is 4.84. The SMILES string of the molecule is CCCCC/C=C\CCCCCCCC(=O)OCCCCCC/C=C\CCCCCCCCCC(=O)NC(CO)C(O)/C=C/CCCCCCCCCCCCCCCCC. The van der Waals surface area contributed by atoms with Gasteiger partial charge in [0, 0.05) is 12.8 Å². The summed E-state index contributed by atoms with van der Waals surface area (Å²) in [6.07, 6.45) is 61.5. The molecule has 0 aromatic carbocycles. The number of aliphatic hydroxyl groups excluding tert-OH is 2. The van der Waals surface area contributed by atoms with Crippen LogP contribution in [0.1, 0.15) is 277 Å². The predicted molar refractivity (Wildman–Crippen MR) is 264 cm³/mol. The van der Waals surface area contributed by atoms with E-state index >= 15 is 0 Å². The fraction of sp³-hybridized carbons (Fsp3) is 0.855. The first-order valence-electron chi connectivity index (χ1n) is 26.8. The van der Waals surface area contributed by atoms with Crippen LogP contribution in [0.2, 0.25) is 0 Å². The molecule has 61 heavy (non-hydrogen) atoms. The van der Waals surface area contributed by atoms with Gasteiger partial charge in [0.15, 0.2) is 0 Å². The molecule has 0 aliphatic rings. The van der Waals surface area contributed by atoms with Gasteiger partial charge in [-0.05, 0) is 83.5 Å². The number of esters is 1. The Morgan fingerprint density at radius 3 is 1.20 bits per heavy atom. The normalized spacial score (nSPS) is 12.9. The van der Waals surface area contributed by atoms with Gasteiger partial charge in [0.05, 0.1) is 25.4 Å². The molecular formula is C55H103NO5. The van der Waals surface area contributed by atoms with Crippen LogP contribution in [0, 0.1) is 0 Å². The Morgan fingerprint density at radius 1 is 0.443 bits per heavy atom. The molecule has 0 heterocycles. The molecule has 0 aliphatic carbocycles. The maximum atomic E-state index is 12.4. The third-order valence-corrected chi connectivity index (χ3v) is 12.1. The Balaban J connectivity index is 3.53. The van der Waals surface area contributed by atoms with E-state index in [1.165, 1.54) is 180 Å². The van der Waals surface area contributed by atoms with Gasteiger partial charge >= 0.3 is 5.97 Å². The number of hydrogen-bond acceptors (Lipinski definition) is 5. The van der Waals surface area contributed by atoms with E-state index in [9.17, 15) is 19.8 Å². The molecule has 0 aromatic heterocycles. The van der Waals surface area contributed by atoms with E-state index in [0.29, 0.717) is 19.4 Å². The van der Waals surface area contributed by atoms with Crippen LogP contribution in [0.15, 0.2) is 36.5 Å². The highest BCUT2D eigenvalue weighted by Crippen LogP contribution is 2.15. The molecular weight excluding hydrogens is 755 g/mol. The molecule has 0 rings (SSSR count). The maximum absolute atomic E-state index is 12.4. The number of unbranched alkanes of at least 4 members (excludes halogenated alkanes) is 34. The Morgan fingerprint density at radius 2 is 0.770 bits per heavy atom. The largest absolute Gasteiger partial charge is 0.466 e. The molecule has 358 valence electrons. The van der Waals surface area contributed by atoms with Gasteiger partial charge in [-0.25, -0.2) is 0 Å². The Bertz CT molecular complexity index is 993. The van der Waals surface area contributed by atoms with Crippen LogP contribution in [-0.4, -0.2) is 47.4 Å². The standard InChI is InChI=1S/C55H103NO5/c1-3-5-7-9-11-13-15-17-18-19-21-24-27-31-35-39-43-47-53(58)52(51-57)56-54(59)48-44-40-36-32-28-25-22-20-23-26-30-34-38-42-46-50-61-55(60)49-45-41-37-33-29-16-14-12-10-8-6-4-2/h12,14,23,26,43,47,52-53,57-58H,3-11,13,15-22,24-25,27-42,44-46,48-51H2,1-2H3,(H,56,59)/b14-12-,26-23-,47-43+. The number of nitrogens with one attached hydrogen (secondary N) is 1. The molecule has 1 amide bonds. The molecule has 0 spiro atoms. The van der Waals surface area contributed by atoms with Crippen molar-refractivity contribution in [3.63, 3.8) is 0 Å². The molecule has 6 nitrogen and oxygen atoms in total. The van der Waals surface area contributed by atoms with Crippen LogP contribution in [0.3, 0.4) is 0 Å². The lowest BCUT2D eigenvalue weighted by molar-refractivity contribution is -0.143. The summed E-state index contributed by atoms with van der Waals surface area (Å²) in [5, 5.41) is 23.1. The van der Waals surface area contributed by atoms with Gasteiger partial charge in [0.25, 0.3) is 0 Å². The summed E-state index contributed by atoms with van der Waals surface area (Å²) >= 11 is 0. The second kappa shape index (κ2) is 50.7. The Labute approximate surface area is 379 Å². The molecule has 6 heteroatoms. The van der Waals surface area contributed by atoms with E-state index in [0.717, 1.165) is 70.6 Å². The molecule has 2 unspecified atom stereocenters. The van der Waals surface area contributed by atoms with Crippen LogP contribution in [0.4, 0.5) is 0 Å². The van der Waals surface area contributed by atoms with Gasteiger partial charge in [-0.15, -0.1) is 0 Å². The van der Waals surface area contributed by atoms with E-state index < -0.39 is 12.1 Å². The topological polar surface area (TPSA) is 95.9 Å². The highest BCUT2D eigenvalue weighted by atomic mass is 16.5. The minimum atomic E-state index is -0.855. The molecule has 0 saturated heterocycles. The lowest BCUT2D eigenvalue weighted by Gasteiger charge is -2.20. The van der Waals surface area contributed by atoms with Crippen molar-refractivity contribution in [1.82, 2.24) is 5.32 Å². The van der Waals surface area contributed by atoms with Crippen molar-refractivity contribution in [2.45, 2.75) is 289 Å². The summed E-state index contributed by atoms with van der Waals surface area (Å²) < 4.78 is 5.44. The summed E-state index contributed by atoms with van der Waals surface area (Å²) in [5.74, 6) is -0.105. The summed E-state index contributed by atoms with van der Waals surface area (Å²) in [4.78, 5) is 24.4. The first kappa shape index (κ1) is 59.1. The molecule has 0 aliphatic heterocycles. The highest BCUT2D eigenvalue weighted by molar-refractivity contribution is 5.76. The van der Waals surface area contributed by atoms with Crippen molar-refractivity contribution in [3.8, 4) is 0 Å². The maximum Gasteiger partial charge on any atom is 0.305 e. The van der Waals surface area contributed by atoms with Gasteiger partial charge < -0.3 is 20.3 Å². The number of aliphatic hydroxyl groups is 2. The lowest BCUT2D eigenvalue weighted by Crippen LogP contribution is -2.45. The van der Waals surface area contributed by atoms with E-state index in [4.69, 9.17) is 4.74 Å². The average Bonchev–Trinajstić information content (AvgIpc) is 3.26. The minimum Gasteiger partial charge on any atom is -0.466 e. The number of allylic oxidation sites excluding steroid dienone is 5. The average molecular weight is 858 g/mol. The van der Waals surface area contributed by atoms with Gasteiger partial charge in [-0.1, -0.05) is 217 Å². The fourth-order valence-corrected chi connectivity index (χ4v) is 7.97. The zero-order valence-electron chi connectivity index (χ0n) is 40.6. The number of ether oxygens (including phenoxy) is 1. The Hall–Kier alpha value is -1.92. The predicted octanol–water partition coefficient (Wildman–Crippen LogP) is 16.1. The van der Waals surface area contributed by atoms with E-state index in [1.807, 2.05) is 6.08 Å². The summed E-state index contributed by atoms with van der Waals surface area (Å²) in [5.41, 5.74) is 0. The smallest absolute Gasteiger partial charge is 0.305 e. The van der Waals surface area contributed by atoms with Gasteiger partial charge in [-0.3, -0.25) is 9.59 Å². The van der Waals surface area contributed by atoms with E-state index in [-0.39, 0.29) is 18.5 Å². The van der Waals surface area contributed by atoms with Gasteiger partial charge in [0.1, 0.15) is 0 Å². The zero-order valence-corrected chi connectivity index (χ0v) is 40.6. The molecule has 3 N–H and O–H groups in total. The quantitative estimate of drug-likeness (QED) is 0.0322. The zero-order chi connectivity index (χ0) is 44.4.